The molecule has 5 N–H and O–H groups in total. The molecule has 0 aliphatic heterocycles. The zero-order valence-corrected chi connectivity index (χ0v) is 27.3. The van der Waals surface area contributed by atoms with Gasteiger partial charge in [0, 0.05) is 6.54 Å². The highest BCUT2D eigenvalue weighted by Gasteiger charge is 2.39. The Bertz CT molecular complexity index is 1460. The fourth-order valence-electron chi connectivity index (χ4n) is 4.78. The minimum absolute atomic E-state index is 0.00236. The SMILES string of the molecule is NCCCC[C@@H](C(=O)O)N(C(=O)OCc1ccccc1)C(=O)[C@H](CCCCNC(=O)OCc1ccccc1)NC(=O)OCc1ccccc1. The van der Waals surface area contributed by atoms with E-state index in [2.05, 4.69) is 10.6 Å². The van der Waals surface area contributed by atoms with Crippen LogP contribution in [0.5, 0.6) is 0 Å². The van der Waals surface area contributed by atoms with Crippen LogP contribution < -0.4 is 16.4 Å². The van der Waals surface area contributed by atoms with E-state index in [-0.39, 0.29) is 39.2 Å². The van der Waals surface area contributed by atoms with Crippen molar-refractivity contribution >= 4 is 30.2 Å². The van der Waals surface area contributed by atoms with Crippen molar-refractivity contribution in [3.8, 4) is 0 Å². The predicted octanol–water partition coefficient (Wildman–Crippen LogP) is 5.13. The molecule has 0 fully saturated rings. The summed E-state index contributed by atoms with van der Waals surface area (Å²) in [5, 5.41) is 15.3. The molecule has 4 amide bonds. The van der Waals surface area contributed by atoms with Crippen LogP contribution in [0.4, 0.5) is 14.4 Å². The monoisotopic (exact) mass is 676 g/mol. The van der Waals surface area contributed by atoms with Crippen molar-refractivity contribution in [3.63, 3.8) is 0 Å². The topological polar surface area (TPSA) is 187 Å². The second kappa shape index (κ2) is 21.4. The third-order valence-electron chi connectivity index (χ3n) is 7.37. The summed E-state index contributed by atoms with van der Waals surface area (Å²) < 4.78 is 15.9. The first-order valence-corrected chi connectivity index (χ1v) is 16.2. The van der Waals surface area contributed by atoms with Gasteiger partial charge in [-0.25, -0.2) is 24.1 Å². The Morgan fingerprint density at radius 3 is 1.65 bits per heavy atom. The first-order valence-electron chi connectivity index (χ1n) is 16.2. The van der Waals surface area contributed by atoms with Crippen molar-refractivity contribution in [2.24, 2.45) is 5.73 Å². The summed E-state index contributed by atoms with van der Waals surface area (Å²) in [6.07, 6.45) is -1.32. The number of hydrogen-bond acceptors (Lipinski definition) is 9. The molecule has 0 saturated heterocycles. The first kappa shape index (κ1) is 38.0. The number of carbonyl (C=O) groups is 5. The van der Waals surface area contributed by atoms with E-state index in [9.17, 15) is 29.1 Å². The molecule has 0 heterocycles. The Labute approximate surface area is 285 Å². The van der Waals surface area contributed by atoms with Crippen molar-refractivity contribution in [1.29, 1.82) is 0 Å². The molecule has 2 atom stereocenters. The Morgan fingerprint density at radius 2 is 1.14 bits per heavy atom. The van der Waals surface area contributed by atoms with Gasteiger partial charge in [0.25, 0.3) is 5.91 Å². The zero-order chi connectivity index (χ0) is 35.3. The predicted molar refractivity (Wildman–Crippen MR) is 180 cm³/mol. The summed E-state index contributed by atoms with van der Waals surface area (Å²) in [5.41, 5.74) is 7.77. The number of carboxylic acid groups (broad SMARTS) is 1. The van der Waals surface area contributed by atoms with Crippen LogP contribution in [0.1, 0.15) is 55.2 Å². The van der Waals surface area contributed by atoms with Crippen molar-refractivity contribution in [2.45, 2.75) is 70.4 Å². The largest absolute Gasteiger partial charge is 0.480 e. The number of nitrogens with zero attached hydrogens (tertiary/aromatic N) is 1. The third kappa shape index (κ3) is 14.1. The molecule has 3 rings (SSSR count). The Hall–Kier alpha value is -5.43. The first-order chi connectivity index (χ1) is 23.8. The van der Waals surface area contributed by atoms with Gasteiger partial charge in [-0.15, -0.1) is 0 Å². The van der Waals surface area contributed by atoms with Crippen LogP contribution in [-0.2, 0) is 43.6 Å². The number of hydrogen-bond donors (Lipinski definition) is 4. The lowest BCUT2D eigenvalue weighted by Gasteiger charge is -2.30. The Balaban J connectivity index is 1.71. The van der Waals surface area contributed by atoms with Gasteiger partial charge in [0.15, 0.2) is 0 Å². The lowest BCUT2D eigenvalue weighted by atomic mass is 10.0. The number of unbranched alkanes of at least 4 members (excludes halogenated alkanes) is 2. The van der Waals surface area contributed by atoms with Crippen LogP contribution >= 0.6 is 0 Å². The van der Waals surface area contributed by atoms with Crippen molar-refractivity contribution in [2.75, 3.05) is 13.1 Å². The van der Waals surface area contributed by atoms with Crippen LogP contribution in [0.25, 0.3) is 0 Å². The van der Waals surface area contributed by atoms with Gasteiger partial charge in [-0.05, 0) is 61.8 Å². The van der Waals surface area contributed by atoms with E-state index in [0.29, 0.717) is 48.3 Å². The van der Waals surface area contributed by atoms with Gasteiger partial charge in [-0.2, -0.15) is 0 Å². The van der Waals surface area contributed by atoms with E-state index in [0.717, 1.165) is 5.56 Å². The fraction of sp³-hybridized carbons (Fsp3) is 0.361. The van der Waals surface area contributed by atoms with Gasteiger partial charge < -0.3 is 35.7 Å². The second-order valence-corrected chi connectivity index (χ2v) is 11.1. The number of nitrogens with one attached hydrogen (secondary N) is 2. The van der Waals surface area contributed by atoms with Crippen LogP contribution in [0.15, 0.2) is 91.0 Å². The van der Waals surface area contributed by atoms with Crippen molar-refractivity contribution in [1.82, 2.24) is 15.5 Å². The summed E-state index contributed by atoms with van der Waals surface area (Å²) in [7, 11) is 0. The smallest absolute Gasteiger partial charge is 0.417 e. The maximum absolute atomic E-state index is 14.1. The van der Waals surface area contributed by atoms with Crippen LogP contribution in [0.3, 0.4) is 0 Å². The average molecular weight is 677 g/mol. The highest BCUT2D eigenvalue weighted by atomic mass is 16.6. The summed E-state index contributed by atoms with van der Waals surface area (Å²) in [4.78, 5) is 65.5. The van der Waals surface area contributed by atoms with Crippen molar-refractivity contribution in [3.05, 3.63) is 108 Å². The molecular formula is C36H44N4O9. The molecule has 0 radical (unpaired) electrons. The molecule has 0 saturated carbocycles. The molecule has 13 heteroatoms. The highest BCUT2D eigenvalue weighted by Crippen LogP contribution is 2.17. The molecule has 3 aromatic rings. The van der Waals surface area contributed by atoms with Crippen LogP contribution in [0, 0.1) is 0 Å². The average Bonchev–Trinajstić information content (AvgIpc) is 3.12. The molecule has 13 nitrogen and oxygen atoms in total. The summed E-state index contributed by atoms with van der Waals surface area (Å²) in [6, 6.07) is 23.9. The van der Waals surface area contributed by atoms with Crippen molar-refractivity contribution < 1.29 is 43.3 Å². The number of nitrogens with two attached hydrogens (primary N) is 1. The van der Waals surface area contributed by atoms with Crippen LogP contribution in [0.2, 0.25) is 0 Å². The maximum Gasteiger partial charge on any atom is 0.417 e. The standard InChI is InChI=1S/C36H44N4O9/c37-22-12-10-21-31(33(42)43)40(36(46)49-26-29-18-8-3-9-19-29)32(41)30(39-35(45)48-25-28-16-6-2-7-17-28)20-11-13-23-38-34(44)47-24-27-14-4-1-5-15-27/h1-9,14-19,30-31H,10-13,20-26,37H2,(H,38,44)(H,39,45)(H,42,43)/t30-,31-/m0/s1. The van der Waals surface area contributed by atoms with E-state index in [1.165, 1.54) is 0 Å². The number of alkyl carbamates (subject to hydrolysis) is 2. The van der Waals surface area contributed by atoms with Gasteiger partial charge in [0.1, 0.15) is 31.9 Å². The number of imide groups is 1. The molecule has 0 spiro atoms. The molecule has 3 aromatic carbocycles. The second-order valence-electron chi connectivity index (χ2n) is 11.1. The quantitative estimate of drug-likeness (QED) is 0.0980. The fourth-order valence-corrected chi connectivity index (χ4v) is 4.78. The molecular weight excluding hydrogens is 632 g/mol. The van der Waals surface area contributed by atoms with Gasteiger partial charge in [-0.1, -0.05) is 91.0 Å². The van der Waals surface area contributed by atoms with E-state index in [1.807, 2.05) is 36.4 Å². The molecule has 0 aromatic heterocycles. The summed E-state index contributed by atoms with van der Waals surface area (Å²) in [5.74, 6) is -2.38. The summed E-state index contributed by atoms with van der Waals surface area (Å²) >= 11 is 0. The number of ether oxygens (including phenoxy) is 3. The summed E-state index contributed by atoms with van der Waals surface area (Å²) in [6.45, 7) is 0.311. The van der Waals surface area contributed by atoms with Gasteiger partial charge >= 0.3 is 24.2 Å². The number of carboxylic acids is 1. The number of aliphatic carboxylic acids is 1. The number of amides is 4. The lowest BCUT2D eigenvalue weighted by molar-refractivity contribution is -0.150. The Kier molecular flexibility index (Phi) is 16.6. The van der Waals surface area contributed by atoms with Gasteiger partial charge in [-0.3, -0.25) is 4.79 Å². The lowest BCUT2D eigenvalue weighted by Crippen LogP contribution is -2.56. The Morgan fingerprint density at radius 1 is 0.653 bits per heavy atom. The zero-order valence-electron chi connectivity index (χ0n) is 27.3. The third-order valence-corrected chi connectivity index (χ3v) is 7.37. The number of benzene rings is 3. The number of rotatable bonds is 19. The minimum Gasteiger partial charge on any atom is -0.480 e. The van der Waals surface area contributed by atoms with Crippen LogP contribution in [-0.4, -0.2) is 65.3 Å². The van der Waals surface area contributed by atoms with E-state index in [1.54, 1.807) is 54.6 Å². The molecule has 0 aliphatic carbocycles. The normalized spacial score (nSPS) is 11.8. The van der Waals surface area contributed by atoms with Gasteiger partial charge in [0.05, 0.1) is 0 Å². The maximum atomic E-state index is 14.1. The molecule has 49 heavy (non-hydrogen) atoms. The van der Waals surface area contributed by atoms with E-state index >= 15 is 0 Å². The molecule has 0 unspecified atom stereocenters. The minimum atomic E-state index is -1.58. The van der Waals surface area contributed by atoms with E-state index in [4.69, 9.17) is 19.9 Å². The van der Waals surface area contributed by atoms with E-state index < -0.39 is 42.2 Å². The van der Waals surface area contributed by atoms with Gasteiger partial charge in [0.2, 0.25) is 0 Å². The molecule has 0 aliphatic rings. The molecule has 0 bridgehead atoms. The highest BCUT2D eigenvalue weighted by molar-refractivity contribution is 6.00. The molecule has 262 valence electrons. The number of carbonyl (C=O) groups excluding carboxylic acids is 4.